The number of carbonyl (C=O) groups is 2. The fourth-order valence-electron chi connectivity index (χ4n) is 3.04. The minimum Gasteiger partial charge on any atom is -0.482 e. The Morgan fingerprint density at radius 1 is 1.22 bits per heavy atom. The van der Waals surface area contributed by atoms with Crippen LogP contribution in [0.5, 0.6) is 5.75 Å². The third-order valence-corrected chi connectivity index (χ3v) is 4.74. The third kappa shape index (κ3) is 5.23. The molecule has 3 rings (SSSR count). The van der Waals surface area contributed by atoms with Gasteiger partial charge >= 0.3 is 0 Å². The number of nitrogens with one attached hydrogen (secondary N) is 1. The summed E-state index contributed by atoms with van der Waals surface area (Å²) in [5, 5.41) is 3.63. The first-order valence-electron chi connectivity index (χ1n) is 9.08. The van der Waals surface area contributed by atoms with E-state index in [-0.39, 0.29) is 18.4 Å². The van der Waals surface area contributed by atoms with E-state index in [4.69, 9.17) is 16.3 Å². The molecular weight excluding hydrogens is 364 g/mol. The van der Waals surface area contributed by atoms with Gasteiger partial charge in [-0.3, -0.25) is 9.59 Å². The van der Waals surface area contributed by atoms with E-state index in [1.54, 1.807) is 4.90 Å². The maximum Gasteiger partial charge on any atom is 0.265 e. The first kappa shape index (κ1) is 19.2. The topological polar surface area (TPSA) is 58.6 Å². The molecule has 0 aliphatic carbocycles. The summed E-state index contributed by atoms with van der Waals surface area (Å²) in [6.07, 6.45) is 1.75. The number of hydrogen-bond donors (Lipinski definition) is 1. The van der Waals surface area contributed by atoms with Gasteiger partial charge in [-0.25, -0.2) is 0 Å². The van der Waals surface area contributed by atoms with Crippen molar-refractivity contribution in [3.63, 3.8) is 0 Å². The fraction of sp³-hybridized carbons (Fsp3) is 0.333. The van der Waals surface area contributed by atoms with Gasteiger partial charge in [-0.15, -0.1) is 0 Å². The summed E-state index contributed by atoms with van der Waals surface area (Å²) in [4.78, 5) is 26.0. The number of ether oxygens (including phenoxy) is 1. The summed E-state index contributed by atoms with van der Waals surface area (Å²) in [5.41, 5.74) is 2.98. The highest BCUT2D eigenvalue weighted by atomic mass is 35.5. The van der Waals surface area contributed by atoms with Crippen LogP contribution in [0.25, 0.3) is 0 Å². The van der Waals surface area contributed by atoms with Crippen molar-refractivity contribution in [2.45, 2.75) is 26.2 Å². The number of amides is 2. The molecule has 1 aliphatic heterocycles. The van der Waals surface area contributed by atoms with Crippen molar-refractivity contribution in [1.82, 2.24) is 5.32 Å². The molecule has 0 fully saturated rings. The van der Waals surface area contributed by atoms with Gasteiger partial charge in [-0.1, -0.05) is 29.8 Å². The maximum absolute atomic E-state index is 12.2. The van der Waals surface area contributed by atoms with Crippen LogP contribution in [0.2, 0.25) is 5.02 Å². The highest BCUT2D eigenvalue weighted by Crippen LogP contribution is 2.32. The molecule has 1 heterocycles. The van der Waals surface area contributed by atoms with Crippen LogP contribution < -0.4 is 15.0 Å². The van der Waals surface area contributed by atoms with Crippen molar-refractivity contribution < 1.29 is 14.3 Å². The number of halogens is 1. The lowest BCUT2D eigenvalue weighted by atomic mass is 10.1. The van der Waals surface area contributed by atoms with Crippen molar-refractivity contribution in [2.24, 2.45) is 0 Å². The van der Waals surface area contributed by atoms with Crippen molar-refractivity contribution in [1.29, 1.82) is 0 Å². The predicted octanol–water partition coefficient (Wildman–Crippen LogP) is 3.51. The SMILES string of the molecule is Cc1ccc2c(c1)N(CCCC(=O)NCCc1ccc(Cl)cc1)C(=O)CO2. The lowest BCUT2D eigenvalue weighted by Gasteiger charge is -2.29. The lowest BCUT2D eigenvalue weighted by molar-refractivity contribution is -0.122. The Morgan fingerprint density at radius 2 is 2.00 bits per heavy atom. The first-order valence-corrected chi connectivity index (χ1v) is 9.46. The van der Waals surface area contributed by atoms with Crippen LogP contribution in [0.15, 0.2) is 42.5 Å². The molecule has 0 spiro atoms. The Kier molecular flexibility index (Phi) is 6.35. The normalized spacial score (nSPS) is 13.1. The molecule has 0 unspecified atom stereocenters. The van der Waals surface area contributed by atoms with Crippen LogP contribution in [0.4, 0.5) is 5.69 Å². The monoisotopic (exact) mass is 386 g/mol. The zero-order valence-electron chi connectivity index (χ0n) is 15.3. The zero-order chi connectivity index (χ0) is 19.2. The number of rotatable bonds is 7. The number of anilines is 1. The highest BCUT2D eigenvalue weighted by Gasteiger charge is 2.25. The van der Waals surface area contributed by atoms with E-state index in [0.29, 0.717) is 36.7 Å². The highest BCUT2D eigenvalue weighted by molar-refractivity contribution is 6.30. The lowest BCUT2D eigenvalue weighted by Crippen LogP contribution is -2.39. The predicted molar refractivity (Wildman–Crippen MR) is 106 cm³/mol. The molecule has 2 amide bonds. The van der Waals surface area contributed by atoms with Crippen LogP contribution in [-0.4, -0.2) is 31.5 Å². The van der Waals surface area contributed by atoms with Gasteiger partial charge in [0.05, 0.1) is 5.69 Å². The fourth-order valence-corrected chi connectivity index (χ4v) is 3.17. The van der Waals surface area contributed by atoms with E-state index in [0.717, 1.165) is 23.2 Å². The molecule has 0 saturated carbocycles. The summed E-state index contributed by atoms with van der Waals surface area (Å²) < 4.78 is 5.47. The standard InChI is InChI=1S/C21H23ClN2O3/c1-15-4-9-19-18(13-15)24(21(26)14-27-19)12-2-3-20(25)23-11-10-16-5-7-17(22)8-6-16/h4-9,13H,2-3,10-12,14H2,1H3,(H,23,25). The Bertz CT molecular complexity index is 821. The molecule has 5 nitrogen and oxygen atoms in total. The van der Waals surface area contributed by atoms with Crippen molar-refractivity contribution in [3.8, 4) is 5.75 Å². The van der Waals surface area contributed by atoms with Crippen molar-refractivity contribution in [2.75, 3.05) is 24.6 Å². The van der Waals surface area contributed by atoms with Gasteiger partial charge in [-0.2, -0.15) is 0 Å². The van der Waals surface area contributed by atoms with Crippen LogP contribution in [-0.2, 0) is 16.0 Å². The van der Waals surface area contributed by atoms with Gasteiger partial charge in [0.25, 0.3) is 5.91 Å². The summed E-state index contributed by atoms with van der Waals surface area (Å²) in [6, 6.07) is 13.4. The Morgan fingerprint density at radius 3 is 2.78 bits per heavy atom. The van der Waals surface area contributed by atoms with E-state index in [2.05, 4.69) is 5.32 Å². The second-order valence-electron chi connectivity index (χ2n) is 6.64. The van der Waals surface area contributed by atoms with Gasteiger partial charge < -0.3 is 15.0 Å². The molecule has 6 heteroatoms. The Hall–Kier alpha value is -2.53. The molecule has 2 aromatic carbocycles. The Balaban J connectivity index is 1.44. The van der Waals surface area contributed by atoms with E-state index >= 15 is 0 Å². The minimum absolute atomic E-state index is 0.00543. The molecule has 1 N–H and O–H groups in total. The number of hydrogen-bond acceptors (Lipinski definition) is 3. The van der Waals surface area contributed by atoms with E-state index in [1.807, 2.05) is 49.4 Å². The van der Waals surface area contributed by atoms with Crippen LogP contribution in [0.3, 0.4) is 0 Å². The van der Waals surface area contributed by atoms with Gasteiger partial charge in [0.15, 0.2) is 6.61 Å². The van der Waals surface area contributed by atoms with Crippen molar-refractivity contribution in [3.05, 3.63) is 58.6 Å². The average Bonchev–Trinajstić information content (AvgIpc) is 2.65. The third-order valence-electron chi connectivity index (χ3n) is 4.49. The maximum atomic E-state index is 12.2. The summed E-state index contributed by atoms with van der Waals surface area (Å²) >= 11 is 5.86. The van der Waals surface area contributed by atoms with Gasteiger partial charge in [0, 0.05) is 24.5 Å². The van der Waals surface area contributed by atoms with Gasteiger partial charge in [-0.05, 0) is 55.2 Å². The number of benzene rings is 2. The van der Waals surface area contributed by atoms with Gasteiger partial charge in [0.2, 0.25) is 5.91 Å². The molecule has 0 aromatic heterocycles. The quantitative estimate of drug-likeness (QED) is 0.792. The number of fused-ring (bicyclic) bond motifs is 1. The average molecular weight is 387 g/mol. The zero-order valence-corrected chi connectivity index (χ0v) is 16.1. The minimum atomic E-state index is -0.0729. The van der Waals surface area contributed by atoms with Crippen LogP contribution >= 0.6 is 11.6 Å². The molecule has 0 radical (unpaired) electrons. The van der Waals surface area contributed by atoms with Gasteiger partial charge in [0.1, 0.15) is 5.75 Å². The van der Waals surface area contributed by atoms with Crippen molar-refractivity contribution >= 4 is 29.1 Å². The molecule has 0 bridgehead atoms. The molecule has 0 atom stereocenters. The molecule has 1 aliphatic rings. The summed E-state index contributed by atoms with van der Waals surface area (Å²) in [6.45, 7) is 3.11. The second kappa shape index (κ2) is 8.91. The largest absolute Gasteiger partial charge is 0.482 e. The van der Waals surface area contributed by atoms with Crippen LogP contribution in [0.1, 0.15) is 24.0 Å². The Labute approximate surface area is 164 Å². The van der Waals surface area contributed by atoms with Crippen LogP contribution in [0, 0.1) is 6.92 Å². The first-order chi connectivity index (χ1) is 13.0. The number of carbonyl (C=O) groups excluding carboxylic acids is 2. The summed E-state index contributed by atoms with van der Waals surface area (Å²) in [5.74, 6) is 0.637. The van der Waals surface area contributed by atoms with E-state index in [9.17, 15) is 9.59 Å². The van der Waals surface area contributed by atoms with E-state index in [1.165, 1.54) is 0 Å². The molecular formula is C21H23ClN2O3. The number of aryl methyl sites for hydroxylation is 1. The van der Waals surface area contributed by atoms with E-state index < -0.39 is 0 Å². The summed E-state index contributed by atoms with van der Waals surface area (Å²) in [7, 11) is 0. The second-order valence-corrected chi connectivity index (χ2v) is 7.07. The smallest absolute Gasteiger partial charge is 0.265 e. The molecule has 2 aromatic rings. The molecule has 142 valence electrons. The number of nitrogens with zero attached hydrogens (tertiary/aromatic N) is 1. The molecule has 27 heavy (non-hydrogen) atoms. The molecule has 0 saturated heterocycles.